The van der Waals surface area contributed by atoms with Crippen LogP contribution in [-0.2, 0) is 24.0 Å². The lowest BCUT2D eigenvalue weighted by molar-refractivity contribution is -0.151. The number of fused-ring (bicyclic) bond motifs is 1. The maximum Gasteiger partial charge on any atom is 0.315 e. The summed E-state index contributed by atoms with van der Waals surface area (Å²) in [6.07, 6.45) is -2.56. The monoisotopic (exact) mass is 551 g/mol. The van der Waals surface area contributed by atoms with Gasteiger partial charge in [0.15, 0.2) is 0 Å². The van der Waals surface area contributed by atoms with Crippen LogP contribution in [0.15, 0.2) is 0 Å². The van der Waals surface area contributed by atoms with E-state index in [0.717, 1.165) is 0 Å². The second kappa shape index (κ2) is 11.0. The maximum atomic E-state index is 13.7. The standard InChI is InChI=1S/C23H33ClF3N5O5/c1-5-10(2)14(29-20(35)17(26)27)21(36)31-9-12-13(23(12,3)4)15(31)19(34)30-32(22(37)16(24)25)8-11-6-7-28-18(11)33/h10-17H,5-9H2,1-4H3,(H,28,33)(H,29,35)(H,30,34)/t10-,11+,12+,13+,14+,15+,16-/m1/s1. The first-order valence-corrected chi connectivity index (χ1v) is 12.7. The minimum absolute atomic E-state index is 0.0812. The number of rotatable bonds is 9. The zero-order valence-corrected chi connectivity index (χ0v) is 21.9. The number of amides is 5. The number of nitrogens with zero attached hydrogens (tertiary/aromatic N) is 2. The zero-order chi connectivity index (χ0) is 27.8. The molecule has 2 saturated heterocycles. The summed E-state index contributed by atoms with van der Waals surface area (Å²) in [7, 11) is 0. The fraction of sp³-hybridized carbons (Fsp3) is 0.783. The lowest BCUT2D eigenvalue weighted by Crippen LogP contribution is -2.60. The van der Waals surface area contributed by atoms with Crippen molar-refractivity contribution in [2.24, 2.45) is 29.1 Å². The molecule has 1 aliphatic carbocycles. The van der Waals surface area contributed by atoms with Crippen LogP contribution >= 0.6 is 11.6 Å². The molecule has 208 valence electrons. The molecule has 0 aromatic carbocycles. The van der Waals surface area contributed by atoms with E-state index >= 15 is 0 Å². The Kier molecular flexibility index (Phi) is 8.65. The Bertz CT molecular complexity index is 952. The van der Waals surface area contributed by atoms with Crippen LogP contribution in [0.4, 0.5) is 13.2 Å². The van der Waals surface area contributed by atoms with Crippen molar-refractivity contribution in [2.45, 2.75) is 64.7 Å². The lowest BCUT2D eigenvalue weighted by Gasteiger charge is -2.36. The van der Waals surface area contributed by atoms with Crippen LogP contribution in [-0.4, -0.2) is 83.2 Å². The number of piperidine rings is 1. The summed E-state index contributed by atoms with van der Waals surface area (Å²) in [4.78, 5) is 64.4. The number of hydrogen-bond donors (Lipinski definition) is 3. The molecule has 2 aliphatic heterocycles. The summed E-state index contributed by atoms with van der Waals surface area (Å²) in [5, 5.41) is 5.34. The highest BCUT2D eigenvalue weighted by Gasteiger charge is 2.69. The second-order valence-corrected chi connectivity index (χ2v) is 10.9. The van der Waals surface area contributed by atoms with Gasteiger partial charge in [-0.25, -0.2) is 9.40 Å². The van der Waals surface area contributed by atoms with E-state index in [0.29, 0.717) is 24.4 Å². The Balaban J connectivity index is 1.85. The molecule has 37 heavy (non-hydrogen) atoms. The first kappa shape index (κ1) is 29.0. The molecule has 3 aliphatic rings. The average molecular weight is 552 g/mol. The van der Waals surface area contributed by atoms with E-state index in [1.165, 1.54) is 4.90 Å². The SMILES string of the molecule is CC[C@@H](C)[C@H](NC(=O)C(F)F)C(=O)N1C[C@H]2[C@@H]([C@H]1C(=O)NN(C[C@@H]1CCNC1=O)C(=O)[C@@H](F)Cl)C2(C)C. The van der Waals surface area contributed by atoms with Crippen LogP contribution in [0.1, 0.15) is 40.5 Å². The molecular formula is C23H33ClF3N5O5. The second-order valence-electron chi connectivity index (χ2n) is 10.6. The largest absolute Gasteiger partial charge is 0.356 e. The summed E-state index contributed by atoms with van der Waals surface area (Å²) < 4.78 is 39.6. The van der Waals surface area contributed by atoms with Crippen molar-refractivity contribution in [3.8, 4) is 0 Å². The van der Waals surface area contributed by atoms with Crippen molar-refractivity contribution in [3.05, 3.63) is 0 Å². The predicted molar refractivity (Wildman–Crippen MR) is 125 cm³/mol. The number of carbonyl (C=O) groups is 5. The molecule has 5 amide bonds. The van der Waals surface area contributed by atoms with Gasteiger partial charge >= 0.3 is 6.43 Å². The first-order chi connectivity index (χ1) is 17.2. The summed E-state index contributed by atoms with van der Waals surface area (Å²) in [6, 6.07) is -2.40. The van der Waals surface area contributed by atoms with Crippen molar-refractivity contribution in [2.75, 3.05) is 19.6 Å². The molecule has 10 nitrogen and oxygen atoms in total. The van der Waals surface area contributed by atoms with Crippen LogP contribution in [0.2, 0.25) is 0 Å². The molecular weight excluding hydrogens is 519 g/mol. The molecule has 0 aromatic rings. The molecule has 1 saturated carbocycles. The van der Waals surface area contributed by atoms with Gasteiger partial charge in [0.05, 0.1) is 12.5 Å². The van der Waals surface area contributed by atoms with Gasteiger partial charge < -0.3 is 15.5 Å². The van der Waals surface area contributed by atoms with Crippen LogP contribution in [0.25, 0.3) is 0 Å². The van der Waals surface area contributed by atoms with E-state index in [9.17, 15) is 37.1 Å². The van der Waals surface area contributed by atoms with Gasteiger partial charge in [0, 0.05) is 13.1 Å². The van der Waals surface area contributed by atoms with E-state index in [-0.39, 0.29) is 36.2 Å². The maximum absolute atomic E-state index is 13.7. The lowest BCUT2D eigenvalue weighted by atomic mass is 9.95. The van der Waals surface area contributed by atoms with Crippen molar-refractivity contribution in [3.63, 3.8) is 0 Å². The third kappa shape index (κ3) is 5.80. The number of alkyl halides is 4. The smallest absolute Gasteiger partial charge is 0.315 e. The summed E-state index contributed by atoms with van der Waals surface area (Å²) >= 11 is 5.34. The van der Waals surface area contributed by atoms with Crippen LogP contribution < -0.4 is 16.1 Å². The van der Waals surface area contributed by atoms with E-state index < -0.39 is 59.6 Å². The molecule has 0 spiro atoms. The Labute approximate surface area is 217 Å². The molecule has 14 heteroatoms. The Morgan fingerprint density at radius 2 is 1.89 bits per heavy atom. The van der Waals surface area contributed by atoms with Gasteiger partial charge in [0.2, 0.25) is 11.8 Å². The molecule has 3 N–H and O–H groups in total. The van der Waals surface area contributed by atoms with Crippen molar-refractivity contribution < 1.29 is 37.1 Å². The number of likely N-dealkylation sites (tertiary alicyclic amines) is 1. The van der Waals surface area contributed by atoms with Gasteiger partial charge in [-0.1, -0.05) is 45.7 Å². The van der Waals surface area contributed by atoms with Crippen LogP contribution in [0.5, 0.6) is 0 Å². The average Bonchev–Trinajstić information content (AvgIpc) is 3.19. The number of hydrazine groups is 1. The first-order valence-electron chi connectivity index (χ1n) is 12.3. The number of hydrogen-bond acceptors (Lipinski definition) is 5. The molecule has 2 heterocycles. The highest BCUT2D eigenvalue weighted by atomic mass is 35.5. The fourth-order valence-electron chi connectivity index (χ4n) is 5.44. The van der Waals surface area contributed by atoms with E-state index in [1.807, 2.05) is 13.8 Å². The van der Waals surface area contributed by atoms with Gasteiger partial charge in [-0.3, -0.25) is 29.4 Å². The predicted octanol–water partition coefficient (Wildman–Crippen LogP) is 0.796. The summed E-state index contributed by atoms with van der Waals surface area (Å²) in [5.74, 6) is -6.29. The third-order valence-electron chi connectivity index (χ3n) is 8.00. The Morgan fingerprint density at radius 1 is 1.24 bits per heavy atom. The van der Waals surface area contributed by atoms with E-state index in [2.05, 4.69) is 16.1 Å². The highest BCUT2D eigenvalue weighted by molar-refractivity contribution is 6.29. The minimum atomic E-state index is -3.32. The molecule has 7 atom stereocenters. The highest BCUT2D eigenvalue weighted by Crippen LogP contribution is 2.65. The Morgan fingerprint density at radius 3 is 2.41 bits per heavy atom. The summed E-state index contributed by atoms with van der Waals surface area (Å²) in [6.45, 7) is 7.38. The normalized spacial score (nSPS) is 28.1. The van der Waals surface area contributed by atoms with Crippen molar-refractivity contribution in [1.29, 1.82) is 0 Å². The van der Waals surface area contributed by atoms with Crippen LogP contribution in [0, 0.1) is 29.1 Å². The van der Waals surface area contributed by atoms with Gasteiger partial charge in [0.25, 0.3) is 23.4 Å². The number of nitrogens with one attached hydrogen (secondary N) is 3. The van der Waals surface area contributed by atoms with E-state index in [1.54, 1.807) is 13.8 Å². The topological polar surface area (TPSA) is 128 Å². The quantitative estimate of drug-likeness (QED) is 0.288. The fourth-order valence-corrected chi connectivity index (χ4v) is 5.56. The zero-order valence-electron chi connectivity index (χ0n) is 21.1. The third-order valence-corrected chi connectivity index (χ3v) is 8.19. The molecule has 0 bridgehead atoms. The minimum Gasteiger partial charge on any atom is -0.356 e. The summed E-state index contributed by atoms with van der Waals surface area (Å²) in [5.41, 5.74) is -0.456. The number of halogens is 4. The molecule has 0 aromatic heterocycles. The van der Waals surface area contributed by atoms with Gasteiger partial charge in [0.1, 0.15) is 12.1 Å². The Hall–Kier alpha value is -2.57. The van der Waals surface area contributed by atoms with E-state index in [4.69, 9.17) is 11.6 Å². The van der Waals surface area contributed by atoms with Crippen LogP contribution in [0.3, 0.4) is 0 Å². The van der Waals surface area contributed by atoms with Crippen molar-refractivity contribution >= 4 is 41.1 Å². The van der Waals surface area contributed by atoms with Gasteiger partial charge in [-0.05, 0) is 29.6 Å². The molecule has 3 rings (SSSR count). The van der Waals surface area contributed by atoms with Gasteiger partial charge in [-0.15, -0.1) is 0 Å². The molecule has 0 radical (unpaired) electrons. The number of carbonyl (C=O) groups excluding carboxylic acids is 5. The van der Waals surface area contributed by atoms with Gasteiger partial charge in [-0.2, -0.15) is 8.78 Å². The molecule has 0 unspecified atom stereocenters. The van der Waals surface area contributed by atoms with Crippen molar-refractivity contribution in [1.82, 2.24) is 26.0 Å². The molecule has 3 fully saturated rings.